The third kappa shape index (κ3) is 2.10. The van der Waals surface area contributed by atoms with E-state index in [4.69, 9.17) is 0 Å². The van der Waals surface area contributed by atoms with E-state index < -0.39 is 0 Å². The molecule has 0 bridgehead atoms. The molecular weight excluding hydrogens is 132 g/mol. The van der Waals surface area contributed by atoms with Crippen molar-refractivity contribution in [3.8, 4) is 0 Å². The minimum atomic E-state index is 1.09. The van der Waals surface area contributed by atoms with Gasteiger partial charge < -0.3 is 0 Å². The lowest BCUT2D eigenvalue weighted by Crippen LogP contribution is -1.74. The minimum Gasteiger partial charge on any atom is -0.285 e. The van der Waals surface area contributed by atoms with Crippen molar-refractivity contribution in [2.24, 2.45) is 0 Å². The predicted octanol–water partition coefficient (Wildman–Crippen LogP) is 1.91. The summed E-state index contributed by atoms with van der Waals surface area (Å²) < 4.78 is 0. The first kappa shape index (κ1) is 6.68. The van der Waals surface area contributed by atoms with Crippen LogP contribution >= 0.6 is 11.8 Å². The molecule has 1 rings (SSSR count). The summed E-state index contributed by atoms with van der Waals surface area (Å²) in [5.74, 6) is 1.16. The van der Waals surface area contributed by atoms with Crippen LogP contribution in [0.2, 0.25) is 0 Å². The van der Waals surface area contributed by atoms with Crippen molar-refractivity contribution in [3.63, 3.8) is 0 Å². The maximum absolute atomic E-state index is 3.99. The van der Waals surface area contributed by atoms with Gasteiger partial charge in [0.15, 0.2) is 0 Å². The Hall–Kier alpha value is -0.440. The Bertz CT molecular complexity index is 148. The van der Waals surface area contributed by atoms with Crippen molar-refractivity contribution in [1.29, 1.82) is 0 Å². The molecule has 1 N–H and O–H groups in total. The molecule has 1 aromatic rings. The first-order chi connectivity index (χ1) is 4.43. The maximum Gasteiger partial charge on any atom is 0.118 e. The van der Waals surface area contributed by atoms with Crippen LogP contribution in [0, 0.1) is 0 Å². The number of aromatic nitrogens is 2. The molecule has 0 spiro atoms. The van der Waals surface area contributed by atoms with Crippen LogP contribution in [-0.4, -0.2) is 16.0 Å². The number of H-pyrrole nitrogens is 1. The Morgan fingerprint density at radius 3 is 3.22 bits per heavy atom. The zero-order valence-electron chi connectivity index (χ0n) is 5.42. The van der Waals surface area contributed by atoms with Crippen LogP contribution in [0.4, 0.5) is 0 Å². The molecule has 9 heavy (non-hydrogen) atoms. The highest BCUT2D eigenvalue weighted by Gasteiger charge is 1.91. The average Bonchev–Trinajstić information content (AvgIpc) is 2.34. The molecule has 0 saturated carbocycles. The summed E-state index contributed by atoms with van der Waals surface area (Å²) in [6.07, 6.45) is 3.05. The number of nitrogens with zero attached hydrogens (tertiary/aromatic N) is 1. The van der Waals surface area contributed by atoms with Crippen molar-refractivity contribution < 1.29 is 0 Å². The lowest BCUT2D eigenvalue weighted by atomic mass is 10.6. The highest BCUT2D eigenvalue weighted by Crippen LogP contribution is 2.13. The molecule has 1 aromatic heterocycles. The summed E-state index contributed by atoms with van der Waals surface area (Å²) in [5.41, 5.74) is 0. The van der Waals surface area contributed by atoms with Crippen LogP contribution in [0.1, 0.15) is 13.3 Å². The summed E-state index contributed by atoms with van der Waals surface area (Å²) in [4.78, 5) is 0. The molecule has 0 fully saturated rings. The van der Waals surface area contributed by atoms with Gasteiger partial charge in [-0.2, -0.15) is 5.10 Å². The second-order valence-electron chi connectivity index (χ2n) is 1.76. The van der Waals surface area contributed by atoms with Gasteiger partial charge in [-0.15, -0.1) is 11.8 Å². The second-order valence-corrected chi connectivity index (χ2v) is 2.88. The van der Waals surface area contributed by atoms with Gasteiger partial charge in [0.25, 0.3) is 0 Å². The van der Waals surface area contributed by atoms with Crippen LogP contribution in [0.3, 0.4) is 0 Å². The molecule has 2 nitrogen and oxygen atoms in total. The van der Waals surface area contributed by atoms with Gasteiger partial charge in [0.05, 0.1) is 0 Å². The van der Waals surface area contributed by atoms with Crippen molar-refractivity contribution in [2.75, 3.05) is 5.75 Å². The first-order valence-corrected chi connectivity index (χ1v) is 4.04. The first-order valence-electron chi connectivity index (χ1n) is 3.06. The van der Waals surface area contributed by atoms with Gasteiger partial charge in [0.1, 0.15) is 5.03 Å². The van der Waals surface area contributed by atoms with Crippen molar-refractivity contribution in [3.05, 3.63) is 12.3 Å². The zero-order valence-corrected chi connectivity index (χ0v) is 6.24. The number of aromatic amines is 1. The molecule has 1 heterocycles. The molecule has 0 aliphatic heterocycles. The van der Waals surface area contributed by atoms with Crippen LogP contribution in [0.15, 0.2) is 17.3 Å². The normalized spacial score (nSPS) is 9.89. The van der Waals surface area contributed by atoms with Crippen LogP contribution < -0.4 is 0 Å². The van der Waals surface area contributed by atoms with E-state index in [1.807, 2.05) is 12.3 Å². The van der Waals surface area contributed by atoms with E-state index >= 15 is 0 Å². The molecule has 0 saturated heterocycles. The number of nitrogens with one attached hydrogen (secondary N) is 1. The maximum atomic E-state index is 3.99. The molecule has 0 amide bonds. The smallest absolute Gasteiger partial charge is 0.118 e. The van der Waals surface area contributed by atoms with E-state index in [1.165, 1.54) is 6.42 Å². The quantitative estimate of drug-likeness (QED) is 0.653. The number of rotatable bonds is 3. The fourth-order valence-corrected chi connectivity index (χ4v) is 1.23. The fraction of sp³-hybridized carbons (Fsp3) is 0.500. The van der Waals surface area contributed by atoms with Gasteiger partial charge in [-0.05, 0) is 18.2 Å². The van der Waals surface area contributed by atoms with Gasteiger partial charge in [-0.25, -0.2) is 0 Å². The molecule has 0 aliphatic carbocycles. The summed E-state index contributed by atoms with van der Waals surface area (Å²) in [6.45, 7) is 2.17. The van der Waals surface area contributed by atoms with Gasteiger partial charge in [-0.1, -0.05) is 6.92 Å². The largest absolute Gasteiger partial charge is 0.285 e. The molecule has 0 radical (unpaired) electrons. The zero-order chi connectivity index (χ0) is 6.53. The van der Waals surface area contributed by atoms with E-state index in [1.54, 1.807) is 11.8 Å². The van der Waals surface area contributed by atoms with Gasteiger partial charge in [-0.3, -0.25) is 5.10 Å². The number of hydrogen-bond donors (Lipinski definition) is 1. The van der Waals surface area contributed by atoms with E-state index in [9.17, 15) is 0 Å². The van der Waals surface area contributed by atoms with Crippen molar-refractivity contribution >= 4 is 11.8 Å². The van der Waals surface area contributed by atoms with Gasteiger partial charge in [0, 0.05) is 6.20 Å². The third-order valence-electron chi connectivity index (χ3n) is 0.929. The molecule has 0 aliphatic rings. The topological polar surface area (TPSA) is 28.7 Å². The molecule has 0 unspecified atom stereocenters. The average molecular weight is 142 g/mol. The summed E-state index contributed by atoms with van der Waals surface area (Å²) >= 11 is 1.78. The van der Waals surface area contributed by atoms with Gasteiger partial charge >= 0.3 is 0 Å². The summed E-state index contributed by atoms with van der Waals surface area (Å²) in [5, 5.41) is 7.85. The Labute approximate surface area is 59.0 Å². The van der Waals surface area contributed by atoms with Crippen molar-refractivity contribution in [1.82, 2.24) is 10.2 Å². The van der Waals surface area contributed by atoms with Crippen LogP contribution in [-0.2, 0) is 0 Å². The van der Waals surface area contributed by atoms with Gasteiger partial charge in [0.2, 0.25) is 0 Å². The number of hydrogen-bond acceptors (Lipinski definition) is 2. The predicted molar refractivity (Wildman–Crippen MR) is 39.6 cm³/mol. The molecule has 0 aromatic carbocycles. The van der Waals surface area contributed by atoms with Crippen LogP contribution in [0.5, 0.6) is 0 Å². The van der Waals surface area contributed by atoms with E-state index in [-0.39, 0.29) is 0 Å². The van der Waals surface area contributed by atoms with E-state index in [0.717, 1.165) is 10.8 Å². The third-order valence-corrected chi connectivity index (χ3v) is 2.06. The second kappa shape index (κ2) is 3.56. The molecular formula is C6H10N2S. The Balaban J connectivity index is 2.30. The van der Waals surface area contributed by atoms with Crippen LogP contribution in [0.25, 0.3) is 0 Å². The summed E-state index contributed by atoms with van der Waals surface area (Å²) in [7, 11) is 0. The highest BCUT2D eigenvalue weighted by atomic mass is 32.2. The SMILES string of the molecule is CCCSc1cc[nH]n1. The summed E-state index contributed by atoms with van der Waals surface area (Å²) in [6, 6.07) is 1.99. The fourth-order valence-electron chi connectivity index (χ4n) is 0.534. The molecule has 0 atom stereocenters. The Morgan fingerprint density at radius 1 is 1.78 bits per heavy atom. The highest BCUT2D eigenvalue weighted by molar-refractivity contribution is 7.99. The lowest BCUT2D eigenvalue weighted by Gasteiger charge is -1.89. The van der Waals surface area contributed by atoms with E-state index in [2.05, 4.69) is 17.1 Å². The van der Waals surface area contributed by atoms with Crippen molar-refractivity contribution in [2.45, 2.75) is 18.4 Å². The Kier molecular flexibility index (Phi) is 2.64. The van der Waals surface area contributed by atoms with E-state index in [0.29, 0.717) is 0 Å². The number of thioether (sulfide) groups is 1. The molecule has 50 valence electrons. The molecule has 3 heteroatoms. The minimum absolute atomic E-state index is 1.09. The lowest BCUT2D eigenvalue weighted by molar-refractivity contribution is 0.998. The Morgan fingerprint density at radius 2 is 2.67 bits per heavy atom. The standard InChI is InChI=1S/C6H10N2S/c1-2-5-9-6-3-4-7-8-6/h3-4H,2,5H2,1H3,(H,7,8). The monoisotopic (exact) mass is 142 g/mol.